The van der Waals surface area contributed by atoms with E-state index in [9.17, 15) is 0 Å². The van der Waals surface area contributed by atoms with Crippen LogP contribution in [0.25, 0.3) is 0 Å². The van der Waals surface area contributed by atoms with Crippen LogP contribution in [0.5, 0.6) is 0 Å². The van der Waals surface area contributed by atoms with Crippen molar-refractivity contribution in [3.8, 4) is 0 Å². The summed E-state index contributed by atoms with van der Waals surface area (Å²) in [7, 11) is 6.90. The van der Waals surface area contributed by atoms with E-state index in [-0.39, 0.29) is 0 Å². The number of rotatable bonds is 6. The molecule has 2 unspecified atom stereocenters. The van der Waals surface area contributed by atoms with Gasteiger partial charge in [-0.2, -0.15) is 0 Å². The second-order valence-electron chi connectivity index (χ2n) is 7.26. The van der Waals surface area contributed by atoms with E-state index in [0.29, 0.717) is 11.6 Å². The first-order valence-electron chi connectivity index (χ1n) is 8.70. The summed E-state index contributed by atoms with van der Waals surface area (Å²) in [6.07, 6.45) is 11.1. The molecule has 0 saturated heterocycles. The van der Waals surface area contributed by atoms with Crippen molar-refractivity contribution >= 4 is 0 Å². The minimum atomic E-state index is 0.456. The summed E-state index contributed by atoms with van der Waals surface area (Å²) in [6.45, 7) is 4.59. The van der Waals surface area contributed by atoms with Crippen molar-refractivity contribution in [2.24, 2.45) is 0 Å². The standard InChI is InChI=1S/C17H35N3/c1-5-18-15-10-7-6-8-11-16(15)20(4)14-17(19(2)3)12-9-13-17/h15-16,18H,5-14H2,1-4H3. The number of hydrogen-bond donors (Lipinski definition) is 1. The lowest BCUT2D eigenvalue weighted by atomic mass is 9.75. The molecular weight excluding hydrogens is 246 g/mol. The Bertz CT molecular complexity index is 286. The Morgan fingerprint density at radius 1 is 1.00 bits per heavy atom. The molecule has 20 heavy (non-hydrogen) atoms. The lowest BCUT2D eigenvalue weighted by molar-refractivity contribution is 0.00982. The van der Waals surface area contributed by atoms with Crippen LogP contribution >= 0.6 is 0 Å². The highest BCUT2D eigenvalue weighted by molar-refractivity contribution is 4.99. The van der Waals surface area contributed by atoms with Crippen molar-refractivity contribution in [2.75, 3.05) is 34.2 Å². The van der Waals surface area contributed by atoms with Gasteiger partial charge in [0.05, 0.1) is 0 Å². The lowest BCUT2D eigenvalue weighted by Crippen LogP contribution is -2.60. The fourth-order valence-corrected chi connectivity index (χ4v) is 4.23. The van der Waals surface area contributed by atoms with E-state index < -0.39 is 0 Å². The van der Waals surface area contributed by atoms with Crippen molar-refractivity contribution in [1.29, 1.82) is 0 Å². The van der Waals surface area contributed by atoms with E-state index in [0.717, 1.165) is 12.6 Å². The van der Waals surface area contributed by atoms with Gasteiger partial charge >= 0.3 is 0 Å². The van der Waals surface area contributed by atoms with Gasteiger partial charge in [-0.3, -0.25) is 0 Å². The van der Waals surface area contributed by atoms with E-state index in [1.165, 1.54) is 57.9 Å². The second-order valence-corrected chi connectivity index (χ2v) is 7.26. The normalized spacial score (nSPS) is 30.3. The van der Waals surface area contributed by atoms with Gasteiger partial charge in [-0.15, -0.1) is 0 Å². The molecular formula is C17H35N3. The summed E-state index contributed by atoms with van der Waals surface area (Å²) in [6, 6.07) is 1.43. The highest BCUT2D eigenvalue weighted by Gasteiger charge is 2.41. The molecule has 0 bridgehead atoms. The molecule has 2 fully saturated rings. The van der Waals surface area contributed by atoms with Crippen LogP contribution in [-0.2, 0) is 0 Å². The summed E-state index contributed by atoms with van der Waals surface area (Å²) < 4.78 is 0. The summed E-state index contributed by atoms with van der Waals surface area (Å²) >= 11 is 0. The maximum Gasteiger partial charge on any atom is 0.0330 e. The molecule has 0 spiro atoms. The van der Waals surface area contributed by atoms with Crippen LogP contribution in [0.2, 0.25) is 0 Å². The Hall–Kier alpha value is -0.120. The molecule has 0 amide bonds. The predicted molar refractivity (Wildman–Crippen MR) is 87.2 cm³/mol. The van der Waals surface area contributed by atoms with Gasteiger partial charge in [0, 0.05) is 24.2 Å². The van der Waals surface area contributed by atoms with E-state index in [1.807, 2.05) is 0 Å². The van der Waals surface area contributed by atoms with Crippen LogP contribution in [0.15, 0.2) is 0 Å². The van der Waals surface area contributed by atoms with Gasteiger partial charge in [-0.25, -0.2) is 0 Å². The zero-order valence-electron chi connectivity index (χ0n) is 14.1. The molecule has 0 aromatic heterocycles. The van der Waals surface area contributed by atoms with Gasteiger partial charge in [-0.05, 0) is 59.8 Å². The Morgan fingerprint density at radius 2 is 1.70 bits per heavy atom. The summed E-state index contributed by atoms with van der Waals surface area (Å²) in [4.78, 5) is 5.16. The largest absolute Gasteiger partial charge is 0.313 e. The molecule has 3 nitrogen and oxygen atoms in total. The molecule has 2 rings (SSSR count). The fraction of sp³-hybridized carbons (Fsp3) is 1.00. The molecule has 2 aliphatic carbocycles. The monoisotopic (exact) mass is 281 g/mol. The molecule has 1 N–H and O–H groups in total. The molecule has 0 aromatic rings. The first-order chi connectivity index (χ1) is 9.59. The maximum absolute atomic E-state index is 3.75. The third-order valence-corrected chi connectivity index (χ3v) is 5.79. The van der Waals surface area contributed by atoms with Crippen molar-refractivity contribution < 1.29 is 0 Å². The van der Waals surface area contributed by atoms with Gasteiger partial charge in [-0.1, -0.05) is 26.2 Å². The van der Waals surface area contributed by atoms with Gasteiger partial charge in [0.1, 0.15) is 0 Å². The summed E-state index contributed by atoms with van der Waals surface area (Å²) in [5.74, 6) is 0. The van der Waals surface area contributed by atoms with Crippen LogP contribution in [0, 0.1) is 0 Å². The molecule has 2 aliphatic rings. The zero-order valence-corrected chi connectivity index (χ0v) is 14.1. The van der Waals surface area contributed by atoms with Crippen LogP contribution in [0.3, 0.4) is 0 Å². The van der Waals surface area contributed by atoms with Crippen LogP contribution in [-0.4, -0.2) is 61.7 Å². The molecule has 0 aliphatic heterocycles. The number of nitrogens with one attached hydrogen (secondary N) is 1. The second kappa shape index (κ2) is 7.24. The van der Waals surface area contributed by atoms with Crippen LogP contribution in [0.4, 0.5) is 0 Å². The molecule has 0 aromatic carbocycles. The van der Waals surface area contributed by atoms with E-state index in [4.69, 9.17) is 0 Å². The molecule has 0 radical (unpaired) electrons. The molecule has 2 atom stereocenters. The summed E-state index contributed by atoms with van der Waals surface area (Å²) in [5, 5.41) is 3.75. The Kier molecular flexibility index (Phi) is 5.88. The SMILES string of the molecule is CCNC1CCCCCC1N(C)CC1(N(C)C)CCC1. The van der Waals surface area contributed by atoms with E-state index in [1.54, 1.807) is 0 Å². The quantitative estimate of drug-likeness (QED) is 0.755. The minimum Gasteiger partial charge on any atom is -0.313 e. The molecule has 3 heteroatoms. The van der Waals surface area contributed by atoms with Gasteiger partial charge in [0.2, 0.25) is 0 Å². The summed E-state index contributed by atoms with van der Waals surface area (Å²) in [5.41, 5.74) is 0.456. The lowest BCUT2D eigenvalue weighted by Gasteiger charge is -2.51. The smallest absolute Gasteiger partial charge is 0.0330 e. The van der Waals surface area contributed by atoms with Crippen molar-refractivity contribution in [3.05, 3.63) is 0 Å². The Labute approximate surface area is 126 Å². The number of hydrogen-bond acceptors (Lipinski definition) is 3. The predicted octanol–water partition coefficient (Wildman–Crippen LogP) is 2.71. The third-order valence-electron chi connectivity index (χ3n) is 5.79. The van der Waals surface area contributed by atoms with Crippen molar-refractivity contribution in [3.63, 3.8) is 0 Å². The Balaban J connectivity index is 1.99. The van der Waals surface area contributed by atoms with Gasteiger partial charge in [0.15, 0.2) is 0 Å². The van der Waals surface area contributed by atoms with Gasteiger partial charge < -0.3 is 15.1 Å². The third kappa shape index (κ3) is 3.55. The van der Waals surface area contributed by atoms with E-state index in [2.05, 4.69) is 43.2 Å². The Morgan fingerprint density at radius 3 is 2.25 bits per heavy atom. The average molecular weight is 281 g/mol. The minimum absolute atomic E-state index is 0.456. The zero-order chi connectivity index (χ0) is 14.6. The highest BCUT2D eigenvalue weighted by atomic mass is 15.2. The average Bonchev–Trinajstić information content (AvgIpc) is 2.59. The molecule has 2 saturated carbocycles. The number of likely N-dealkylation sites (N-methyl/N-ethyl adjacent to an activating group) is 3. The van der Waals surface area contributed by atoms with E-state index >= 15 is 0 Å². The number of nitrogens with zero attached hydrogens (tertiary/aromatic N) is 2. The molecule has 118 valence electrons. The van der Waals surface area contributed by atoms with Crippen LogP contribution in [0.1, 0.15) is 58.3 Å². The first kappa shape index (κ1) is 16.3. The maximum atomic E-state index is 3.75. The van der Waals surface area contributed by atoms with Crippen molar-refractivity contribution in [2.45, 2.75) is 75.9 Å². The highest BCUT2D eigenvalue weighted by Crippen LogP contribution is 2.37. The topological polar surface area (TPSA) is 18.5 Å². The first-order valence-corrected chi connectivity index (χ1v) is 8.70. The van der Waals surface area contributed by atoms with Gasteiger partial charge in [0.25, 0.3) is 0 Å². The fourth-order valence-electron chi connectivity index (χ4n) is 4.23. The van der Waals surface area contributed by atoms with Crippen LogP contribution < -0.4 is 5.32 Å². The van der Waals surface area contributed by atoms with Crippen molar-refractivity contribution in [1.82, 2.24) is 15.1 Å². The molecule has 0 heterocycles.